The zero-order valence-corrected chi connectivity index (χ0v) is 14.4. The number of rotatable bonds is 4. The number of hydrogen-bond donors (Lipinski definition) is 2. The number of aromatic nitrogens is 3. The molecule has 0 unspecified atom stereocenters. The van der Waals surface area contributed by atoms with Gasteiger partial charge in [-0.15, -0.1) is 0 Å². The predicted molar refractivity (Wildman–Crippen MR) is 93.6 cm³/mol. The number of carbonyl (C=O) groups excluding carboxylic acids is 2. The summed E-state index contributed by atoms with van der Waals surface area (Å²) in [5, 5.41) is 10.4. The lowest BCUT2D eigenvalue weighted by Gasteiger charge is -2.13. The van der Waals surface area contributed by atoms with Crippen LogP contribution in [0.1, 0.15) is 45.5 Å². The molecule has 134 valence electrons. The first kappa shape index (κ1) is 16.3. The number of likely N-dealkylation sites (tertiary alicyclic amines) is 1. The second-order valence-electron chi connectivity index (χ2n) is 6.31. The highest BCUT2D eigenvalue weighted by Gasteiger charge is 2.25. The van der Waals surface area contributed by atoms with Crippen molar-refractivity contribution in [3.8, 4) is 0 Å². The predicted octanol–water partition coefficient (Wildman–Crippen LogP) is 2.03. The van der Waals surface area contributed by atoms with Crippen LogP contribution in [0.4, 0.5) is 0 Å². The zero-order chi connectivity index (χ0) is 18.1. The molecule has 2 N–H and O–H groups in total. The Morgan fingerprint density at radius 3 is 2.81 bits per heavy atom. The lowest BCUT2D eigenvalue weighted by molar-refractivity contribution is 0.0785. The van der Waals surface area contributed by atoms with Crippen LogP contribution in [-0.2, 0) is 6.54 Å². The molecule has 0 atom stereocenters. The van der Waals surface area contributed by atoms with E-state index in [-0.39, 0.29) is 18.4 Å². The van der Waals surface area contributed by atoms with Gasteiger partial charge in [0.15, 0.2) is 11.4 Å². The number of para-hydroxylation sites is 1. The van der Waals surface area contributed by atoms with Crippen LogP contribution in [0.25, 0.3) is 10.9 Å². The average molecular weight is 353 g/mol. The molecule has 0 radical (unpaired) electrons. The Balaban J connectivity index is 1.45. The van der Waals surface area contributed by atoms with E-state index in [4.69, 9.17) is 4.42 Å². The molecule has 1 aromatic carbocycles. The minimum absolute atomic E-state index is 0.0914. The van der Waals surface area contributed by atoms with E-state index in [9.17, 15) is 9.59 Å². The van der Waals surface area contributed by atoms with E-state index in [0.717, 1.165) is 36.8 Å². The zero-order valence-electron chi connectivity index (χ0n) is 14.4. The molecule has 0 aliphatic carbocycles. The first-order chi connectivity index (χ1) is 12.6. The lowest BCUT2D eigenvalue weighted by Crippen LogP contribution is -2.28. The monoisotopic (exact) mass is 353 g/mol. The average Bonchev–Trinajstić information content (AvgIpc) is 3.38. The molecule has 2 aromatic heterocycles. The highest BCUT2D eigenvalue weighted by molar-refractivity contribution is 6.04. The standard InChI is InChI=1S/C18H19N5O3/c1-11-15(18(25)23-8-4-5-9-23)20-14(26-11)10-19-17(24)16-12-6-2-3-7-13(12)21-22-16/h2-3,6-7H,4-5,8-10H2,1H3,(H,19,24)(H,21,22). The van der Waals surface area contributed by atoms with Gasteiger partial charge in [-0.1, -0.05) is 18.2 Å². The van der Waals surface area contributed by atoms with Crippen LogP contribution < -0.4 is 5.32 Å². The van der Waals surface area contributed by atoms with Crippen LogP contribution in [-0.4, -0.2) is 45.0 Å². The van der Waals surface area contributed by atoms with Crippen molar-refractivity contribution in [2.75, 3.05) is 13.1 Å². The second kappa shape index (κ2) is 6.62. The van der Waals surface area contributed by atoms with Crippen LogP contribution in [0.15, 0.2) is 28.7 Å². The molecule has 0 bridgehead atoms. The molecule has 8 nitrogen and oxygen atoms in total. The number of nitrogens with one attached hydrogen (secondary N) is 2. The van der Waals surface area contributed by atoms with Crippen molar-refractivity contribution in [2.45, 2.75) is 26.3 Å². The number of carbonyl (C=O) groups is 2. The maximum absolute atomic E-state index is 12.5. The van der Waals surface area contributed by atoms with Crippen molar-refractivity contribution in [3.05, 3.63) is 47.3 Å². The third-order valence-corrected chi connectivity index (χ3v) is 4.52. The van der Waals surface area contributed by atoms with Gasteiger partial charge in [-0.2, -0.15) is 5.10 Å². The lowest BCUT2D eigenvalue weighted by atomic mass is 10.2. The minimum Gasteiger partial charge on any atom is -0.443 e. The van der Waals surface area contributed by atoms with Gasteiger partial charge in [0.05, 0.1) is 12.1 Å². The molecule has 0 saturated carbocycles. The van der Waals surface area contributed by atoms with E-state index >= 15 is 0 Å². The molecule has 2 amide bonds. The maximum atomic E-state index is 12.5. The molecule has 3 heterocycles. The Labute approximate surface area is 149 Å². The molecule has 4 rings (SSSR count). The number of aromatic amines is 1. The number of oxazole rings is 1. The van der Waals surface area contributed by atoms with Crippen LogP contribution in [0, 0.1) is 6.92 Å². The number of nitrogens with zero attached hydrogens (tertiary/aromatic N) is 3. The molecular formula is C18H19N5O3. The Bertz CT molecular complexity index is 968. The van der Waals surface area contributed by atoms with Crippen molar-refractivity contribution in [3.63, 3.8) is 0 Å². The van der Waals surface area contributed by atoms with E-state index in [0.29, 0.717) is 23.0 Å². The number of benzene rings is 1. The Kier molecular flexibility index (Phi) is 4.16. The first-order valence-corrected chi connectivity index (χ1v) is 8.60. The van der Waals surface area contributed by atoms with Crippen LogP contribution in [0.3, 0.4) is 0 Å². The van der Waals surface area contributed by atoms with Crippen LogP contribution >= 0.6 is 0 Å². The highest BCUT2D eigenvalue weighted by atomic mass is 16.4. The molecule has 1 aliphatic rings. The fourth-order valence-electron chi connectivity index (χ4n) is 3.17. The molecule has 1 aliphatic heterocycles. The SMILES string of the molecule is Cc1oc(CNC(=O)c2n[nH]c3ccccc23)nc1C(=O)N1CCCC1. The molecule has 8 heteroatoms. The highest BCUT2D eigenvalue weighted by Crippen LogP contribution is 2.17. The largest absolute Gasteiger partial charge is 0.443 e. The Morgan fingerprint density at radius 2 is 2.00 bits per heavy atom. The van der Waals surface area contributed by atoms with Crippen LogP contribution in [0.5, 0.6) is 0 Å². The van der Waals surface area contributed by atoms with Crippen molar-refractivity contribution in [1.29, 1.82) is 0 Å². The number of fused-ring (bicyclic) bond motifs is 1. The van der Waals surface area contributed by atoms with Crippen molar-refractivity contribution < 1.29 is 14.0 Å². The fraction of sp³-hybridized carbons (Fsp3) is 0.333. The summed E-state index contributed by atoms with van der Waals surface area (Å²) in [5.74, 6) is 0.333. The molecule has 3 aromatic rings. The molecule has 0 spiro atoms. The summed E-state index contributed by atoms with van der Waals surface area (Å²) in [6.45, 7) is 3.31. The van der Waals surface area contributed by atoms with Crippen molar-refractivity contribution in [1.82, 2.24) is 25.4 Å². The Morgan fingerprint density at radius 1 is 1.23 bits per heavy atom. The van der Waals surface area contributed by atoms with Gasteiger partial charge in [0.1, 0.15) is 5.76 Å². The van der Waals surface area contributed by atoms with E-state index < -0.39 is 0 Å². The number of aryl methyl sites for hydroxylation is 1. The van der Waals surface area contributed by atoms with Gasteiger partial charge in [-0.05, 0) is 25.8 Å². The first-order valence-electron chi connectivity index (χ1n) is 8.60. The molecule has 1 fully saturated rings. The Hall–Kier alpha value is -3.16. The summed E-state index contributed by atoms with van der Waals surface area (Å²) in [4.78, 5) is 30.9. The molecule has 26 heavy (non-hydrogen) atoms. The van der Waals surface area contributed by atoms with Crippen molar-refractivity contribution in [2.24, 2.45) is 0 Å². The second-order valence-corrected chi connectivity index (χ2v) is 6.31. The topological polar surface area (TPSA) is 104 Å². The number of amides is 2. The summed E-state index contributed by atoms with van der Waals surface area (Å²) in [6.07, 6.45) is 2.03. The van der Waals surface area contributed by atoms with Gasteiger partial charge in [-0.25, -0.2) is 4.98 Å². The number of hydrogen-bond acceptors (Lipinski definition) is 5. The van der Waals surface area contributed by atoms with Gasteiger partial charge < -0.3 is 14.6 Å². The maximum Gasteiger partial charge on any atom is 0.276 e. The summed E-state index contributed by atoms with van der Waals surface area (Å²) in [5.41, 5.74) is 1.43. The van der Waals surface area contributed by atoms with Gasteiger partial charge in [0, 0.05) is 18.5 Å². The van der Waals surface area contributed by atoms with E-state index in [1.54, 1.807) is 11.8 Å². The van der Waals surface area contributed by atoms with Gasteiger partial charge in [0.2, 0.25) is 5.89 Å². The van der Waals surface area contributed by atoms with Crippen LogP contribution in [0.2, 0.25) is 0 Å². The van der Waals surface area contributed by atoms with E-state index in [1.807, 2.05) is 24.3 Å². The van der Waals surface area contributed by atoms with Crippen molar-refractivity contribution >= 4 is 22.7 Å². The summed E-state index contributed by atoms with van der Waals surface area (Å²) in [7, 11) is 0. The van der Waals surface area contributed by atoms with Gasteiger partial charge in [0.25, 0.3) is 11.8 Å². The summed E-state index contributed by atoms with van der Waals surface area (Å²) >= 11 is 0. The molecule has 1 saturated heterocycles. The third kappa shape index (κ3) is 2.94. The normalized spacial score (nSPS) is 14.1. The third-order valence-electron chi connectivity index (χ3n) is 4.52. The summed E-state index contributed by atoms with van der Waals surface area (Å²) < 4.78 is 5.55. The summed E-state index contributed by atoms with van der Waals surface area (Å²) in [6, 6.07) is 7.40. The van der Waals surface area contributed by atoms with Gasteiger partial charge in [-0.3, -0.25) is 14.7 Å². The van der Waals surface area contributed by atoms with E-state index in [1.165, 1.54) is 0 Å². The fourth-order valence-corrected chi connectivity index (χ4v) is 3.17. The smallest absolute Gasteiger partial charge is 0.276 e. The minimum atomic E-state index is -0.328. The molecular weight excluding hydrogens is 334 g/mol. The van der Waals surface area contributed by atoms with Gasteiger partial charge >= 0.3 is 0 Å². The van der Waals surface area contributed by atoms with E-state index in [2.05, 4.69) is 20.5 Å². The number of H-pyrrole nitrogens is 1. The quantitative estimate of drug-likeness (QED) is 0.747.